The van der Waals surface area contributed by atoms with E-state index in [2.05, 4.69) is 93.6 Å². The third-order valence-electron chi connectivity index (χ3n) is 14.2. The van der Waals surface area contributed by atoms with Gasteiger partial charge in [0, 0.05) is 53.6 Å². The highest BCUT2D eigenvalue weighted by Gasteiger charge is 2.46. The minimum atomic E-state index is -1.46. The number of β-amino-alcohol motifs (C(OH)–C–C–N with tert-alkyl or cyclic N) is 1. The molecule has 2 fully saturated rings. The number of hydrogen-bond acceptors (Lipinski definition) is 14. The number of carbonyl (C=O) groups excluding carboxylic acids is 2. The third-order valence-corrected chi connectivity index (χ3v) is 19.1. The molecule has 2 amide bonds. The van der Waals surface area contributed by atoms with Crippen LogP contribution in [0.3, 0.4) is 0 Å². The second-order valence-corrected chi connectivity index (χ2v) is 26.6. The first-order chi connectivity index (χ1) is 35.3. The number of nitrogens with one attached hydrogen (secondary N) is 1. The highest BCUT2D eigenvalue weighted by Crippen LogP contribution is 2.50. The minimum absolute atomic E-state index is 0.0197. The number of amides is 2. The van der Waals surface area contributed by atoms with Crippen molar-refractivity contribution in [1.82, 2.24) is 30.5 Å². The predicted molar refractivity (Wildman–Crippen MR) is 284 cm³/mol. The van der Waals surface area contributed by atoms with E-state index in [1.165, 1.54) is 0 Å². The Kier molecular flexibility index (Phi) is 16.2. The summed E-state index contributed by atoms with van der Waals surface area (Å²) in [5.74, 6) is 3.39. The Morgan fingerprint density at radius 2 is 1.31 bits per heavy atom. The van der Waals surface area contributed by atoms with Crippen molar-refractivity contribution in [1.29, 1.82) is 10.5 Å². The van der Waals surface area contributed by atoms with Crippen molar-refractivity contribution in [2.45, 2.75) is 117 Å². The van der Waals surface area contributed by atoms with Crippen molar-refractivity contribution in [2.24, 2.45) is 11.8 Å². The average molecular weight is 1080 g/mol. The van der Waals surface area contributed by atoms with Crippen LogP contribution in [0.25, 0.3) is 45.7 Å². The number of rotatable bonds is 13. The van der Waals surface area contributed by atoms with Crippen LogP contribution in [-0.2, 0) is 26.9 Å². The van der Waals surface area contributed by atoms with Crippen LogP contribution in [0.2, 0.25) is 18.1 Å². The number of benzene rings is 4. The van der Waals surface area contributed by atoms with Gasteiger partial charge in [0.1, 0.15) is 23.6 Å². The predicted octanol–water partition coefficient (Wildman–Crippen LogP) is 10.7. The molecule has 0 spiro atoms. The molecule has 4 aromatic carbocycles. The van der Waals surface area contributed by atoms with E-state index < -0.39 is 8.32 Å². The fourth-order valence-corrected chi connectivity index (χ4v) is 11.4. The van der Waals surface area contributed by atoms with E-state index >= 15 is 0 Å². The van der Waals surface area contributed by atoms with Gasteiger partial charge in [0.2, 0.25) is 23.5 Å². The lowest BCUT2D eigenvalue weighted by Gasteiger charge is -2.35. The molecule has 6 aromatic rings. The van der Waals surface area contributed by atoms with Crippen LogP contribution in [0.4, 0.5) is 0 Å². The van der Waals surface area contributed by atoms with Gasteiger partial charge in [-0.25, -0.2) is 0 Å². The molecule has 74 heavy (non-hydrogen) atoms. The Morgan fingerprint density at radius 3 is 1.81 bits per heavy atom. The molecule has 2 aromatic heterocycles. The third kappa shape index (κ3) is 11.3. The molecule has 2 N–H and O–H groups in total. The number of aromatic nitrogens is 4. The van der Waals surface area contributed by atoms with Crippen LogP contribution in [-0.4, -0.2) is 87.7 Å². The number of likely N-dealkylation sites (tertiary alicyclic amines) is 1. The molecule has 0 radical (unpaired) electrons. The Balaban J connectivity index is 0.000000165. The van der Waals surface area contributed by atoms with Crippen LogP contribution < -0.4 is 14.8 Å². The number of aliphatic hydroxyl groups excluding tert-OH is 1. The van der Waals surface area contributed by atoms with Crippen molar-refractivity contribution in [3.8, 4) is 69.3 Å². The van der Waals surface area contributed by atoms with Crippen molar-refractivity contribution >= 4 is 36.1 Å². The van der Waals surface area contributed by atoms with Crippen molar-refractivity contribution in [2.75, 3.05) is 25.1 Å². The molecule has 2 aliphatic carbocycles. The van der Waals surface area contributed by atoms with E-state index in [1.807, 2.05) is 70.2 Å². The zero-order valence-electron chi connectivity index (χ0n) is 43.4. The van der Waals surface area contributed by atoms with E-state index in [0.29, 0.717) is 81.6 Å². The monoisotopic (exact) mass is 1080 g/mol. The van der Waals surface area contributed by atoms with Crippen LogP contribution in [0, 0.1) is 34.5 Å². The Bertz CT molecular complexity index is 3110. The fraction of sp³-hybridized carbons (Fsp3) is 0.429. The van der Waals surface area contributed by atoms with Crippen LogP contribution in [0.1, 0.15) is 107 Å². The first kappa shape index (κ1) is 53.6. The first-order valence-corrected chi connectivity index (χ1v) is 29.1. The quantitative estimate of drug-likeness (QED) is 0.0811. The lowest BCUT2D eigenvalue weighted by Crippen LogP contribution is -2.41. The summed E-state index contributed by atoms with van der Waals surface area (Å²) in [5.41, 5.74) is 8.43. The maximum atomic E-state index is 12.4. The lowest BCUT2D eigenvalue weighted by molar-refractivity contribution is -0.129. The Hall–Kier alpha value is -6.70. The van der Waals surface area contributed by atoms with Gasteiger partial charge in [-0.1, -0.05) is 71.3 Å². The van der Waals surface area contributed by atoms with Gasteiger partial charge in [0.05, 0.1) is 42.0 Å². The van der Waals surface area contributed by atoms with E-state index in [0.717, 1.165) is 58.2 Å². The van der Waals surface area contributed by atoms with Gasteiger partial charge in [-0.3, -0.25) is 9.59 Å². The summed E-state index contributed by atoms with van der Waals surface area (Å²) < 4.78 is 28.4. The minimum Gasteiger partial charge on any atom is -0.490 e. The molecular formula is C56H63BrN8O8Si. The van der Waals surface area contributed by atoms with E-state index in [-0.39, 0.29) is 54.5 Å². The van der Waals surface area contributed by atoms with Crippen molar-refractivity contribution in [3.63, 3.8) is 0 Å². The molecule has 2 saturated heterocycles. The summed E-state index contributed by atoms with van der Waals surface area (Å²) in [4.78, 5) is 35.1. The normalized spacial score (nSPS) is 18.3. The summed E-state index contributed by atoms with van der Waals surface area (Å²) in [6, 6.07) is 26.8. The highest BCUT2D eigenvalue weighted by atomic mass is 79.9. The number of nitrogens with zero attached hydrogens (tertiary/aromatic N) is 7. The maximum Gasteiger partial charge on any atom is 0.258 e. The van der Waals surface area contributed by atoms with Gasteiger partial charge in [-0.15, -0.1) is 0 Å². The Morgan fingerprint density at radius 1 is 0.784 bits per heavy atom. The zero-order chi connectivity index (χ0) is 53.1. The van der Waals surface area contributed by atoms with Crippen LogP contribution in [0.5, 0.6) is 11.5 Å². The Labute approximate surface area is 441 Å². The summed E-state index contributed by atoms with van der Waals surface area (Å²) in [7, 11) is -1.46. The molecule has 386 valence electrons. The number of nitriles is 2. The molecule has 10 rings (SSSR count). The van der Waals surface area contributed by atoms with Gasteiger partial charge in [-0.05, 0) is 141 Å². The molecular weight excluding hydrogens is 1020 g/mol. The number of carbonyl (C=O) groups is 2. The number of ether oxygens (including phenoxy) is 2. The molecule has 2 aliphatic heterocycles. The molecule has 0 saturated carbocycles. The highest BCUT2D eigenvalue weighted by molar-refractivity contribution is 9.09. The van der Waals surface area contributed by atoms with Crippen molar-refractivity contribution in [3.05, 3.63) is 106 Å². The number of halogens is 1. The van der Waals surface area contributed by atoms with Gasteiger partial charge in [0.15, 0.2) is 8.32 Å². The topological polar surface area (TPSA) is 223 Å². The number of aliphatic hydroxyl groups is 1. The second kappa shape index (κ2) is 22.4. The first-order valence-electron chi connectivity index (χ1n) is 25.1. The molecule has 18 heteroatoms. The maximum absolute atomic E-state index is 12.4. The zero-order valence-corrected chi connectivity index (χ0v) is 45.9. The lowest BCUT2D eigenvalue weighted by atomic mass is 10.0. The van der Waals surface area contributed by atoms with Crippen LogP contribution in [0.15, 0.2) is 81.8 Å². The standard InChI is InChI=1S/C25H24N4O4.C23H20N4O3.C8H19BrOSi/c1-14(2)32-21-7-6-15(10-17(21)13-26)24-27-25(33-28-24)19-5-3-4-18-20(19)11-16-12-22(31)29(8-9-30)23(16)18;1-12(2)29-19-7-6-13(8-15(19)11-24)22-26-23(30-27-22)17-5-3-4-16-18(17)9-14-10-20(28)25-21(14)16;1-8(2,3)11(4,5)10-7-6-9/h3-7,10,14,16,23,30H,8-9,11-12H2,1-2H3;3-8,12,14,21H,9-10H2,1-2H3,(H,25,28);6-7H2,1-5H3/t16-,23?;14-,21?;/m11./s1. The van der Waals surface area contributed by atoms with E-state index in [1.54, 1.807) is 29.2 Å². The largest absolute Gasteiger partial charge is 0.490 e. The van der Waals surface area contributed by atoms with Gasteiger partial charge in [0.25, 0.3) is 11.8 Å². The van der Waals surface area contributed by atoms with Gasteiger partial charge >= 0.3 is 0 Å². The molecule has 4 atom stereocenters. The van der Waals surface area contributed by atoms with Gasteiger partial charge < -0.3 is 38.3 Å². The number of alkyl halides is 1. The van der Waals surface area contributed by atoms with Crippen LogP contribution >= 0.6 is 15.9 Å². The summed E-state index contributed by atoms with van der Waals surface area (Å²) in [5, 5.41) is 41.0. The average Bonchev–Trinajstić information content (AvgIpc) is 4.24. The fourth-order valence-electron chi connectivity index (χ4n) is 9.86. The van der Waals surface area contributed by atoms with E-state index in [9.17, 15) is 25.2 Å². The smallest absolute Gasteiger partial charge is 0.258 e. The SMILES string of the molecule is CC(C)(C)[Si](C)(C)OCCBr.CC(C)Oc1ccc(-c2noc(-c3cccc4c3C[C@@H]3CC(=O)N(CCO)C43)n2)cc1C#N.CC(C)Oc1ccc(-c2noc(-c3cccc4c3C[C@@H]3CC(=O)NC43)n2)cc1C#N. The number of hydrogen-bond donors (Lipinski definition) is 2. The van der Waals surface area contributed by atoms with Gasteiger partial charge in [-0.2, -0.15) is 20.5 Å². The second-order valence-electron chi connectivity index (χ2n) is 21.0. The molecule has 2 unspecified atom stereocenters. The van der Waals surface area contributed by atoms with Crippen molar-refractivity contribution < 1.29 is 37.6 Å². The molecule has 4 aliphatic rings. The molecule has 4 heterocycles. The summed E-state index contributed by atoms with van der Waals surface area (Å²) >= 11 is 3.37. The summed E-state index contributed by atoms with van der Waals surface area (Å²) in [6.45, 7) is 20.1. The number of fused-ring (bicyclic) bond motifs is 6. The molecule has 16 nitrogen and oxygen atoms in total. The summed E-state index contributed by atoms with van der Waals surface area (Å²) in [6.07, 6.45) is 2.53. The van der Waals surface area contributed by atoms with E-state index in [4.69, 9.17) is 22.9 Å². The molecule has 0 bridgehead atoms.